The topological polar surface area (TPSA) is 115 Å². The van der Waals surface area contributed by atoms with Gasteiger partial charge in [-0.25, -0.2) is 9.97 Å². The van der Waals surface area contributed by atoms with Gasteiger partial charge in [-0.05, 0) is 17.8 Å². The Morgan fingerprint density at radius 3 is 2.61 bits per heavy atom. The number of hydrogen-bond acceptors (Lipinski definition) is 4. The minimum absolute atomic E-state index is 0.0635. The molecular weight excluding hydrogens is 236 g/mol. The zero-order chi connectivity index (χ0) is 13.4. The molecule has 1 aromatic rings. The fraction of sp³-hybridized carbons (Fsp3) is 0.636. The van der Waals surface area contributed by atoms with Crippen LogP contribution in [0.1, 0.15) is 44.3 Å². The molecule has 100 valence electrons. The fourth-order valence-corrected chi connectivity index (χ4v) is 1.69. The third-order valence-electron chi connectivity index (χ3n) is 2.65. The first-order valence-corrected chi connectivity index (χ1v) is 6.06. The number of aromatic amines is 1. The smallest absolute Gasteiger partial charge is 0.340 e. The molecule has 1 rings (SSSR count). The lowest BCUT2D eigenvalue weighted by Crippen LogP contribution is -2.09. The zero-order valence-corrected chi connectivity index (χ0v) is 10.2. The number of hydrogen-bond donors (Lipinski definition) is 2. The van der Waals surface area contributed by atoms with Crippen LogP contribution in [-0.2, 0) is 11.2 Å². The second kappa shape index (κ2) is 7.41. The minimum Gasteiger partial charge on any atom is -0.370 e. The van der Waals surface area contributed by atoms with E-state index in [1.54, 1.807) is 0 Å². The maximum atomic E-state index is 10.5. The largest absolute Gasteiger partial charge is 0.370 e. The molecule has 7 heteroatoms. The van der Waals surface area contributed by atoms with Gasteiger partial charge in [-0.3, -0.25) is 4.79 Å². The predicted octanol–water partition coefficient (Wildman–Crippen LogP) is 1.69. The molecule has 0 radical (unpaired) electrons. The summed E-state index contributed by atoms with van der Waals surface area (Å²) in [7, 11) is 0. The fourth-order valence-electron chi connectivity index (χ4n) is 1.69. The van der Waals surface area contributed by atoms with Gasteiger partial charge in [0.2, 0.25) is 5.91 Å². The van der Waals surface area contributed by atoms with Crippen molar-refractivity contribution in [1.82, 2.24) is 9.97 Å². The average Bonchev–Trinajstić information content (AvgIpc) is 2.76. The number of imidazole rings is 1. The molecule has 1 amide bonds. The Morgan fingerprint density at radius 2 is 2.00 bits per heavy atom. The molecule has 0 bridgehead atoms. The van der Waals surface area contributed by atoms with Gasteiger partial charge in [0.15, 0.2) is 5.82 Å². The predicted molar refractivity (Wildman–Crippen MR) is 65.8 cm³/mol. The number of unbranched alkanes of at least 4 members (excludes halogenated alkanes) is 4. The van der Waals surface area contributed by atoms with Crippen LogP contribution in [0.3, 0.4) is 0 Å². The van der Waals surface area contributed by atoms with E-state index in [4.69, 9.17) is 5.73 Å². The van der Waals surface area contributed by atoms with E-state index in [0.717, 1.165) is 32.1 Å². The second-order valence-electron chi connectivity index (χ2n) is 4.21. The van der Waals surface area contributed by atoms with Crippen molar-refractivity contribution in [3.63, 3.8) is 0 Å². The van der Waals surface area contributed by atoms with Crippen molar-refractivity contribution in [2.24, 2.45) is 5.73 Å². The third-order valence-corrected chi connectivity index (χ3v) is 2.65. The van der Waals surface area contributed by atoms with Gasteiger partial charge >= 0.3 is 5.82 Å². The molecule has 0 aliphatic rings. The second-order valence-corrected chi connectivity index (χ2v) is 4.21. The first-order valence-electron chi connectivity index (χ1n) is 6.06. The average molecular weight is 254 g/mol. The van der Waals surface area contributed by atoms with Crippen LogP contribution < -0.4 is 5.73 Å². The summed E-state index contributed by atoms with van der Waals surface area (Å²) in [6.07, 6.45) is 7.21. The van der Waals surface area contributed by atoms with Crippen LogP contribution in [-0.4, -0.2) is 20.8 Å². The SMILES string of the molecule is NC(=O)CCCCCCCc1ncc([N+](=O)[O-])[nH]1. The summed E-state index contributed by atoms with van der Waals surface area (Å²) in [5.74, 6) is 0.336. The van der Waals surface area contributed by atoms with E-state index in [1.807, 2.05) is 0 Å². The molecule has 0 aliphatic heterocycles. The van der Waals surface area contributed by atoms with Gasteiger partial charge in [-0.2, -0.15) is 0 Å². The van der Waals surface area contributed by atoms with Crippen molar-refractivity contribution >= 4 is 11.7 Å². The Hall–Kier alpha value is -1.92. The van der Waals surface area contributed by atoms with Crippen molar-refractivity contribution in [3.8, 4) is 0 Å². The van der Waals surface area contributed by atoms with Gasteiger partial charge in [0.25, 0.3) is 0 Å². The number of carbonyl (C=O) groups excluding carboxylic acids is 1. The summed E-state index contributed by atoms with van der Waals surface area (Å²) in [6.45, 7) is 0. The summed E-state index contributed by atoms with van der Waals surface area (Å²) in [5.41, 5.74) is 5.03. The number of aryl methyl sites for hydroxylation is 1. The maximum absolute atomic E-state index is 10.5. The van der Waals surface area contributed by atoms with E-state index in [0.29, 0.717) is 18.7 Å². The van der Waals surface area contributed by atoms with E-state index in [9.17, 15) is 14.9 Å². The molecule has 0 saturated heterocycles. The lowest BCUT2D eigenvalue weighted by molar-refractivity contribution is -0.389. The van der Waals surface area contributed by atoms with Gasteiger partial charge in [-0.1, -0.05) is 19.3 Å². The monoisotopic (exact) mass is 254 g/mol. The number of aromatic nitrogens is 2. The molecule has 18 heavy (non-hydrogen) atoms. The summed E-state index contributed by atoms with van der Waals surface area (Å²) in [4.78, 5) is 27.0. The number of nitrogens with zero attached hydrogens (tertiary/aromatic N) is 2. The van der Waals surface area contributed by atoms with Crippen molar-refractivity contribution in [3.05, 3.63) is 22.1 Å². The van der Waals surface area contributed by atoms with Crippen molar-refractivity contribution in [2.75, 3.05) is 0 Å². The molecule has 0 spiro atoms. The van der Waals surface area contributed by atoms with Crippen LogP contribution in [0.4, 0.5) is 5.82 Å². The Balaban J connectivity index is 2.07. The first-order chi connectivity index (χ1) is 8.59. The molecule has 3 N–H and O–H groups in total. The summed E-state index contributed by atoms with van der Waals surface area (Å²) < 4.78 is 0. The molecule has 0 saturated carbocycles. The van der Waals surface area contributed by atoms with Gasteiger partial charge in [0.1, 0.15) is 6.20 Å². The van der Waals surface area contributed by atoms with Gasteiger partial charge in [0.05, 0.1) is 0 Å². The lowest BCUT2D eigenvalue weighted by Gasteiger charge is -1.98. The summed E-state index contributed by atoms with van der Waals surface area (Å²) >= 11 is 0. The van der Waals surface area contributed by atoms with Crippen LogP contribution in [0.5, 0.6) is 0 Å². The van der Waals surface area contributed by atoms with Crippen molar-refractivity contribution in [1.29, 1.82) is 0 Å². The number of rotatable bonds is 9. The highest BCUT2D eigenvalue weighted by molar-refractivity contribution is 5.73. The van der Waals surface area contributed by atoms with E-state index in [-0.39, 0.29) is 11.7 Å². The van der Waals surface area contributed by atoms with Gasteiger partial charge < -0.3 is 15.8 Å². The Bertz CT molecular complexity index is 403. The Kier molecular flexibility index (Phi) is 5.83. The normalized spacial score (nSPS) is 10.4. The number of H-pyrrole nitrogens is 1. The Labute approximate surface area is 105 Å². The van der Waals surface area contributed by atoms with E-state index < -0.39 is 4.92 Å². The molecule has 0 aromatic carbocycles. The van der Waals surface area contributed by atoms with Crippen LogP contribution in [0.25, 0.3) is 0 Å². The van der Waals surface area contributed by atoms with Crippen LogP contribution in [0.2, 0.25) is 0 Å². The number of amides is 1. The molecule has 0 fully saturated rings. The van der Waals surface area contributed by atoms with Crippen LogP contribution in [0, 0.1) is 10.1 Å². The quantitative estimate of drug-likeness (QED) is 0.396. The van der Waals surface area contributed by atoms with E-state index in [1.165, 1.54) is 6.20 Å². The zero-order valence-electron chi connectivity index (χ0n) is 10.2. The Morgan fingerprint density at radius 1 is 1.33 bits per heavy atom. The number of primary amides is 1. The highest BCUT2D eigenvalue weighted by Gasteiger charge is 2.08. The molecule has 0 aliphatic carbocycles. The van der Waals surface area contributed by atoms with Gasteiger partial charge in [0, 0.05) is 12.8 Å². The highest BCUT2D eigenvalue weighted by atomic mass is 16.6. The molecule has 0 atom stereocenters. The van der Waals surface area contributed by atoms with Crippen LogP contribution >= 0.6 is 0 Å². The van der Waals surface area contributed by atoms with Crippen molar-refractivity contribution < 1.29 is 9.72 Å². The number of nitro groups is 1. The summed E-state index contributed by atoms with van der Waals surface area (Å²) in [6, 6.07) is 0. The molecule has 7 nitrogen and oxygen atoms in total. The van der Waals surface area contributed by atoms with Gasteiger partial charge in [-0.15, -0.1) is 0 Å². The lowest BCUT2D eigenvalue weighted by atomic mass is 10.1. The number of nitrogens with one attached hydrogen (secondary N) is 1. The first kappa shape index (κ1) is 14.1. The highest BCUT2D eigenvalue weighted by Crippen LogP contribution is 2.10. The molecular formula is C11H18N4O3. The third kappa shape index (κ3) is 5.42. The van der Waals surface area contributed by atoms with Crippen LogP contribution in [0.15, 0.2) is 6.20 Å². The molecule has 1 heterocycles. The molecule has 1 aromatic heterocycles. The minimum atomic E-state index is -0.486. The van der Waals surface area contributed by atoms with Crippen molar-refractivity contribution in [2.45, 2.75) is 44.9 Å². The summed E-state index contributed by atoms with van der Waals surface area (Å²) in [5, 5.41) is 10.4. The van der Waals surface area contributed by atoms with E-state index >= 15 is 0 Å². The number of nitrogens with two attached hydrogens (primary N) is 1. The number of carbonyl (C=O) groups is 1. The molecule has 0 unspecified atom stereocenters. The van der Waals surface area contributed by atoms with E-state index in [2.05, 4.69) is 9.97 Å². The standard InChI is InChI=1S/C11H18N4O3/c12-9(16)6-4-2-1-3-5-7-10-13-8-11(14-10)15(17)18/h8H,1-7H2,(H2,12,16)(H,13,14). The maximum Gasteiger partial charge on any atom is 0.340 e.